The second-order valence-corrected chi connectivity index (χ2v) is 7.02. The van der Waals surface area contributed by atoms with E-state index < -0.39 is 0 Å². The molecule has 0 aliphatic carbocycles. The average molecular weight is 304 g/mol. The molecule has 0 saturated carbocycles. The predicted octanol–water partition coefficient (Wildman–Crippen LogP) is 3.74. The van der Waals surface area contributed by atoms with Crippen molar-refractivity contribution in [3.63, 3.8) is 0 Å². The zero-order chi connectivity index (χ0) is 15.0. The second-order valence-electron chi connectivity index (χ2n) is 6.01. The van der Waals surface area contributed by atoms with Crippen LogP contribution in [0.15, 0.2) is 18.2 Å². The van der Waals surface area contributed by atoms with Crippen LogP contribution in [0.3, 0.4) is 0 Å². The van der Waals surface area contributed by atoms with Crippen LogP contribution in [-0.4, -0.2) is 22.8 Å². The molecule has 1 unspecified atom stereocenters. The zero-order valence-electron chi connectivity index (χ0n) is 12.7. The first-order valence-corrected chi connectivity index (χ1v) is 7.83. The van der Waals surface area contributed by atoms with Crippen molar-refractivity contribution in [3.05, 3.63) is 28.8 Å². The normalized spacial score (nSPS) is 17.1. The molecule has 1 aromatic heterocycles. The molecule has 3 rings (SSSR count). The monoisotopic (exact) mass is 304 g/mol. The van der Waals surface area contributed by atoms with Gasteiger partial charge in [0.05, 0.1) is 0 Å². The summed E-state index contributed by atoms with van der Waals surface area (Å²) in [4.78, 5) is 0. The highest BCUT2D eigenvalue weighted by molar-refractivity contribution is 7.15. The second kappa shape index (κ2) is 5.27. The molecule has 0 radical (unpaired) electrons. The summed E-state index contributed by atoms with van der Waals surface area (Å²) in [5, 5.41) is 16.8. The summed E-state index contributed by atoms with van der Waals surface area (Å²) < 4.78 is 5.26. The Kier molecular flexibility index (Phi) is 3.59. The quantitative estimate of drug-likeness (QED) is 0.901. The predicted molar refractivity (Wildman–Crippen MR) is 86.5 cm³/mol. The van der Waals surface area contributed by atoms with Crippen LogP contribution >= 0.6 is 11.3 Å². The molecule has 2 N–H and O–H groups in total. The van der Waals surface area contributed by atoms with Gasteiger partial charge < -0.3 is 15.4 Å². The molecular formula is C15H20N4OS. The maximum Gasteiger partial charge on any atom is 0.210 e. The Morgan fingerprint density at radius 3 is 2.95 bits per heavy atom. The van der Waals surface area contributed by atoms with Crippen molar-refractivity contribution in [1.82, 2.24) is 10.2 Å². The van der Waals surface area contributed by atoms with E-state index in [-0.39, 0.29) is 11.6 Å². The topological polar surface area (TPSA) is 59.1 Å². The Hall–Kier alpha value is -1.66. The summed E-state index contributed by atoms with van der Waals surface area (Å²) in [5.41, 5.74) is 3.72. The fourth-order valence-electron chi connectivity index (χ4n) is 2.50. The number of anilines is 3. The third-order valence-corrected chi connectivity index (χ3v) is 4.60. The van der Waals surface area contributed by atoms with Gasteiger partial charge in [-0.15, -0.1) is 10.2 Å². The lowest BCUT2D eigenvalue weighted by Crippen LogP contribution is -2.26. The maximum atomic E-state index is 5.26. The Morgan fingerprint density at radius 1 is 1.38 bits per heavy atom. The van der Waals surface area contributed by atoms with E-state index in [9.17, 15) is 0 Å². The standard InChI is InChI=1S/C15H20N4OS/c1-9(20-4)13-18-19-14(21-13)16-11-5-6-12-10(7-11)8-15(2,3)17-12/h5-7,9,17H,8H2,1-4H3,(H,16,19). The number of benzene rings is 1. The molecule has 1 aliphatic heterocycles. The first kappa shape index (κ1) is 14.3. The Balaban J connectivity index is 1.76. The number of nitrogens with one attached hydrogen (secondary N) is 2. The third-order valence-electron chi connectivity index (χ3n) is 3.60. The summed E-state index contributed by atoms with van der Waals surface area (Å²) in [6.07, 6.45) is 1.00. The zero-order valence-corrected chi connectivity index (χ0v) is 13.5. The molecule has 5 nitrogen and oxygen atoms in total. The molecule has 0 saturated heterocycles. The van der Waals surface area contributed by atoms with E-state index in [4.69, 9.17) is 4.74 Å². The molecule has 0 amide bonds. The minimum absolute atomic E-state index is 0.0249. The van der Waals surface area contributed by atoms with Crippen LogP contribution in [0.5, 0.6) is 0 Å². The first-order valence-electron chi connectivity index (χ1n) is 7.01. The fraction of sp³-hybridized carbons (Fsp3) is 0.467. The molecule has 21 heavy (non-hydrogen) atoms. The number of rotatable bonds is 4. The van der Waals surface area contributed by atoms with Gasteiger partial charge in [-0.3, -0.25) is 0 Å². The fourth-order valence-corrected chi connectivity index (χ4v) is 3.29. The van der Waals surface area contributed by atoms with E-state index in [1.165, 1.54) is 22.6 Å². The smallest absolute Gasteiger partial charge is 0.210 e. The summed E-state index contributed by atoms with van der Waals surface area (Å²) in [6, 6.07) is 6.36. The molecule has 6 heteroatoms. The van der Waals surface area contributed by atoms with Crippen LogP contribution in [-0.2, 0) is 11.2 Å². The van der Waals surface area contributed by atoms with Crippen molar-refractivity contribution in [2.24, 2.45) is 0 Å². The van der Waals surface area contributed by atoms with Crippen LogP contribution < -0.4 is 10.6 Å². The number of hydrogen-bond donors (Lipinski definition) is 2. The molecule has 2 aromatic rings. The van der Waals surface area contributed by atoms with Crippen molar-refractivity contribution in [1.29, 1.82) is 0 Å². The van der Waals surface area contributed by atoms with Crippen molar-refractivity contribution in [2.75, 3.05) is 17.7 Å². The SMILES string of the molecule is COC(C)c1nnc(Nc2ccc3c(c2)CC(C)(C)N3)s1. The number of fused-ring (bicyclic) bond motifs is 1. The van der Waals surface area contributed by atoms with Gasteiger partial charge in [0.2, 0.25) is 5.13 Å². The van der Waals surface area contributed by atoms with Gasteiger partial charge in [-0.1, -0.05) is 11.3 Å². The van der Waals surface area contributed by atoms with Crippen molar-refractivity contribution < 1.29 is 4.74 Å². The van der Waals surface area contributed by atoms with Gasteiger partial charge in [-0.05, 0) is 51.0 Å². The van der Waals surface area contributed by atoms with Crippen LogP contribution in [0.1, 0.15) is 37.4 Å². The summed E-state index contributed by atoms with van der Waals surface area (Å²) in [6.45, 7) is 6.39. The Morgan fingerprint density at radius 2 is 2.19 bits per heavy atom. The number of hydrogen-bond acceptors (Lipinski definition) is 6. The molecule has 1 aromatic carbocycles. The third kappa shape index (κ3) is 3.01. The van der Waals surface area contributed by atoms with E-state index in [1.807, 2.05) is 6.92 Å². The molecule has 0 spiro atoms. The lowest BCUT2D eigenvalue weighted by atomic mass is 10.0. The van der Waals surface area contributed by atoms with Crippen LogP contribution in [0.4, 0.5) is 16.5 Å². The van der Waals surface area contributed by atoms with Gasteiger partial charge >= 0.3 is 0 Å². The Labute approximate surface area is 128 Å². The minimum Gasteiger partial charge on any atom is -0.380 e. The van der Waals surface area contributed by atoms with Crippen LogP contribution in [0.2, 0.25) is 0 Å². The van der Waals surface area contributed by atoms with Crippen LogP contribution in [0.25, 0.3) is 0 Å². The minimum atomic E-state index is -0.0249. The van der Waals surface area contributed by atoms with E-state index in [0.717, 1.165) is 22.2 Å². The largest absolute Gasteiger partial charge is 0.380 e. The number of ether oxygens (including phenoxy) is 1. The van der Waals surface area contributed by atoms with Gasteiger partial charge in [-0.2, -0.15) is 0 Å². The highest BCUT2D eigenvalue weighted by Gasteiger charge is 2.27. The van der Waals surface area contributed by atoms with Gasteiger partial charge in [0.1, 0.15) is 11.1 Å². The van der Waals surface area contributed by atoms with E-state index in [2.05, 4.69) is 52.9 Å². The van der Waals surface area contributed by atoms with Gasteiger partial charge in [0, 0.05) is 24.0 Å². The summed E-state index contributed by atoms with van der Waals surface area (Å²) in [7, 11) is 1.68. The maximum absolute atomic E-state index is 5.26. The molecule has 2 heterocycles. The van der Waals surface area contributed by atoms with E-state index in [0.29, 0.717) is 0 Å². The molecule has 0 fully saturated rings. The van der Waals surface area contributed by atoms with Gasteiger partial charge in [0.15, 0.2) is 0 Å². The lowest BCUT2D eigenvalue weighted by molar-refractivity contribution is 0.118. The number of nitrogens with zero attached hydrogens (tertiary/aromatic N) is 2. The van der Waals surface area contributed by atoms with Crippen molar-refractivity contribution in [2.45, 2.75) is 38.8 Å². The number of aromatic nitrogens is 2. The summed E-state index contributed by atoms with van der Waals surface area (Å²) in [5.74, 6) is 0. The average Bonchev–Trinajstić information content (AvgIpc) is 3.00. The summed E-state index contributed by atoms with van der Waals surface area (Å²) >= 11 is 1.52. The molecule has 0 bridgehead atoms. The van der Waals surface area contributed by atoms with Crippen molar-refractivity contribution >= 4 is 27.8 Å². The van der Waals surface area contributed by atoms with Gasteiger partial charge in [0.25, 0.3) is 0 Å². The van der Waals surface area contributed by atoms with E-state index in [1.54, 1.807) is 7.11 Å². The highest BCUT2D eigenvalue weighted by atomic mass is 32.1. The number of methoxy groups -OCH3 is 1. The molecule has 112 valence electrons. The van der Waals surface area contributed by atoms with Crippen LogP contribution in [0, 0.1) is 0 Å². The molecule has 1 atom stereocenters. The van der Waals surface area contributed by atoms with Crippen molar-refractivity contribution in [3.8, 4) is 0 Å². The molecule has 1 aliphatic rings. The van der Waals surface area contributed by atoms with E-state index >= 15 is 0 Å². The highest BCUT2D eigenvalue weighted by Crippen LogP contribution is 2.35. The lowest BCUT2D eigenvalue weighted by Gasteiger charge is -2.17. The first-order chi connectivity index (χ1) is 9.97. The molecular weight excluding hydrogens is 284 g/mol. The Bertz CT molecular complexity index is 653. The van der Waals surface area contributed by atoms with Gasteiger partial charge in [-0.25, -0.2) is 0 Å².